The van der Waals surface area contributed by atoms with Crippen molar-refractivity contribution in [3.8, 4) is 0 Å². The highest BCUT2D eigenvalue weighted by molar-refractivity contribution is 7.98. The average Bonchev–Trinajstić information content (AvgIpc) is 2.62. The minimum atomic E-state index is 0.0367. The fourth-order valence-electron chi connectivity index (χ4n) is 2.96. The highest BCUT2D eigenvalue weighted by atomic mass is 32.2. The molecule has 1 amide bonds. The van der Waals surface area contributed by atoms with Crippen LogP contribution >= 0.6 is 11.8 Å². The zero-order valence-corrected chi connectivity index (χ0v) is 15.4. The molecular weight excluding hydrogens is 328 g/mol. The molecule has 0 spiro atoms. The SMILES string of the molecule is CSc1ccc(C[NH+](C)CC(=O)Nc2cccc3ccccc23)cc1. The maximum atomic E-state index is 12.4. The van der Waals surface area contributed by atoms with Crippen LogP contribution in [0.4, 0.5) is 5.69 Å². The van der Waals surface area contributed by atoms with Gasteiger partial charge in [-0.15, -0.1) is 11.8 Å². The Kier molecular flexibility index (Phi) is 5.74. The summed E-state index contributed by atoms with van der Waals surface area (Å²) >= 11 is 1.74. The Morgan fingerprint density at radius 2 is 1.72 bits per heavy atom. The lowest BCUT2D eigenvalue weighted by Gasteiger charge is -2.15. The minimum Gasteiger partial charge on any atom is -0.326 e. The molecule has 128 valence electrons. The van der Waals surface area contributed by atoms with Crippen LogP contribution in [0, 0.1) is 0 Å². The molecule has 0 heterocycles. The van der Waals surface area contributed by atoms with Gasteiger partial charge in [0, 0.05) is 21.5 Å². The van der Waals surface area contributed by atoms with Gasteiger partial charge in [0.25, 0.3) is 5.91 Å². The smallest absolute Gasteiger partial charge is 0.279 e. The molecule has 0 saturated heterocycles. The predicted molar refractivity (Wildman–Crippen MR) is 106 cm³/mol. The molecule has 1 unspecified atom stereocenters. The van der Waals surface area contributed by atoms with Crippen LogP contribution < -0.4 is 10.2 Å². The normalized spacial score (nSPS) is 12.1. The molecule has 0 aliphatic heterocycles. The van der Waals surface area contributed by atoms with Crippen molar-refractivity contribution in [2.24, 2.45) is 0 Å². The van der Waals surface area contributed by atoms with Crippen LogP contribution in [0.15, 0.2) is 71.6 Å². The largest absolute Gasteiger partial charge is 0.326 e. The van der Waals surface area contributed by atoms with Crippen molar-refractivity contribution in [3.63, 3.8) is 0 Å². The third-order valence-corrected chi connectivity index (χ3v) is 4.93. The molecule has 0 fully saturated rings. The van der Waals surface area contributed by atoms with Crippen molar-refractivity contribution in [3.05, 3.63) is 72.3 Å². The number of hydrogen-bond donors (Lipinski definition) is 2. The zero-order chi connectivity index (χ0) is 17.6. The number of rotatable bonds is 6. The van der Waals surface area contributed by atoms with E-state index in [-0.39, 0.29) is 5.91 Å². The van der Waals surface area contributed by atoms with Crippen molar-refractivity contribution >= 4 is 34.1 Å². The van der Waals surface area contributed by atoms with Crippen LogP contribution in [0.1, 0.15) is 5.56 Å². The number of fused-ring (bicyclic) bond motifs is 1. The summed E-state index contributed by atoms with van der Waals surface area (Å²) in [7, 11) is 2.05. The summed E-state index contributed by atoms with van der Waals surface area (Å²) in [6.07, 6.45) is 2.07. The number of hydrogen-bond acceptors (Lipinski definition) is 2. The second-order valence-electron chi connectivity index (χ2n) is 6.23. The summed E-state index contributed by atoms with van der Waals surface area (Å²) in [5.74, 6) is 0.0367. The van der Waals surface area contributed by atoms with Crippen molar-refractivity contribution in [1.29, 1.82) is 0 Å². The quantitative estimate of drug-likeness (QED) is 0.669. The molecule has 0 aliphatic rings. The van der Waals surface area contributed by atoms with Crippen LogP contribution in [0.5, 0.6) is 0 Å². The second kappa shape index (κ2) is 8.19. The van der Waals surface area contributed by atoms with E-state index in [9.17, 15) is 4.79 Å². The first-order chi connectivity index (χ1) is 12.2. The van der Waals surface area contributed by atoms with Gasteiger partial charge in [-0.05, 0) is 29.8 Å². The van der Waals surface area contributed by atoms with E-state index < -0.39 is 0 Å². The number of carbonyl (C=O) groups is 1. The van der Waals surface area contributed by atoms with Gasteiger partial charge in [-0.3, -0.25) is 4.79 Å². The van der Waals surface area contributed by atoms with Gasteiger partial charge in [0.15, 0.2) is 6.54 Å². The lowest BCUT2D eigenvalue weighted by Crippen LogP contribution is -3.08. The van der Waals surface area contributed by atoms with Gasteiger partial charge in [0.05, 0.1) is 7.05 Å². The Balaban J connectivity index is 1.61. The van der Waals surface area contributed by atoms with Gasteiger partial charge in [-0.1, -0.05) is 48.5 Å². The summed E-state index contributed by atoms with van der Waals surface area (Å²) in [4.78, 5) is 14.8. The molecule has 3 aromatic rings. The number of carbonyl (C=O) groups excluding carboxylic acids is 1. The molecule has 0 bridgehead atoms. The maximum Gasteiger partial charge on any atom is 0.279 e. The molecule has 3 rings (SSSR count). The third-order valence-electron chi connectivity index (χ3n) is 4.19. The maximum absolute atomic E-state index is 12.4. The Bertz CT molecular complexity index is 856. The van der Waals surface area contributed by atoms with Crippen LogP contribution in [0.2, 0.25) is 0 Å². The van der Waals surface area contributed by atoms with E-state index in [0.29, 0.717) is 6.54 Å². The first kappa shape index (κ1) is 17.5. The van der Waals surface area contributed by atoms with Gasteiger partial charge < -0.3 is 10.2 Å². The Hall–Kier alpha value is -2.30. The monoisotopic (exact) mass is 351 g/mol. The second-order valence-corrected chi connectivity index (χ2v) is 7.11. The topological polar surface area (TPSA) is 33.5 Å². The number of quaternary nitrogens is 1. The van der Waals surface area contributed by atoms with E-state index in [0.717, 1.165) is 27.9 Å². The van der Waals surface area contributed by atoms with Crippen molar-refractivity contribution in [1.82, 2.24) is 0 Å². The van der Waals surface area contributed by atoms with Gasteiger partial charge in [-0.25, -0.2) is 0 Å². The first-order valence-electron chi connectivity index (χ1n) is 8.37. The number of amides is 1. The Labute approximate surface area is 153 Å². The number of benzene rings is 3. The molecule has 2 N–H and O–H groups in total. The van der Waals surface area contributed by atoms with E-state index in [2.05, 4.69) is 48.0 Å². The lowest BCUT2D eigenvalue weighted by atomic mass is 10.1. The molecule has 0 aromatic heterocycles. The number of nitrogens with one attached hydrogen (secondary N) is 2. The predicted octanol–water partition coefficient (Wildman–Crippen LogP) is 3.22. The van der Waals surface area contributed by atoms with Crippen LogP contribution in [-0.4, -0.2) is 25.8 Å². The van der Waals surface area contributed by atoms with Gasteiger partial charge in [-0.2, -0.15) is 0 Å². The molecule has 0 saturated carbocycles. The average molecular weight is 351 g/mol. The Morgan fingerprint density at radius 3 is 2.48 bits per heavy atom. The van der Waals surface area contributed by atoms with Gasteiger partial charge >= 0.3 is 0 Å². The Morgan fingerprint density at radius 1 is 1.00 bits per heavy atom. The third kappa shape index (κ3) is 4.62. The number of anilines is 1. The van der Waals surface area contributed by atoms with E-state index in [4.69, 9.17) is 0 Å². The van der Waals surface area contributed by atoms with E-state index in [1.807, 2.05) is 37.4 Å². The van der Waals surface area contributed by atoms with Crippen molar-refractivity contribution in [2.75, 3.05) is 25.2 Å². The van der Waals surface area contributed by atoms with Gasteiger partial charge in [0.1, 0.15) is 6.54 Å². The fraction of sp³-hybridized carbons (Fsp3) is 0.190. The summed E-state index contributed by atoms with van der Waals surface area (Å²) < 4.78 is 0. The molecule has 3 nitrogen and oxygen atoms in total. The van der Waals surface area contributed by atoms with Crippen LogP contribution in [0.3, 0.4) is 0 Å². The van der Waals surface area contributed by atoms with E-state index in [1.165, 1.54) is 10.5 Å². The molecule has 3 aromatic carbocycles. The standard InChI is InChI=1S/C21H22N2OS/c1-23(14-16-10-12-18(25-2)13-11-16)15-21(24)22-20-9-5-7-17-6-3-4-8-19(17)20/h3-13H,14-15H2,1-2H3,(H,22,24)/p+1. The molecule has 4 heteroatoms. The van der Waals surface area contributed by atoms with Crippen LogP contribution in [0.25, 0.3) is 10.8 Å². The number of likely N-dealkylation sites (N-methyl/N-ethyl adjacent to an activating group) is 1. The zero-order valence-electron chi connectivity index (χ0n) is 14.6. The summed E-state index contributed by atoms with van der Waals surface area (Å²) in [6.45, 7) is 1.27. The van der Waals surface area contributed by atoms with E-state index >= 15 is 0 Å². The van der Waals surface area contributed by atoms with Crippen LogP contribution in [-0.2, 0) is 11.3 Å². The van der Waals surface area contributed by atoms with E-state index in [1.54, 1.807) is 11.8 Å². The fourth-order valence-corrected chi connectivity index (χ4v) is 3.37. The highest BCUT2D eigenvalue weighted by Crippen LogP contribution is 2.22. The highest BCUT2D eigenvalue weighted by Gasteiger charge is 2.12. The van der Waals surface area contributed by atoms with Crippen molar-refractivity contribution < 1.29 is 9.69 Å². The molecule has 25 heavy (non-hydrogen) atoms. The summed E-state index contributed by atoms with van der Waals surface area (Å²) in [6, 6.07) is 22.6. The molecule has 0 radical (unpaired) electrons. The molecular formula is C21H23N2OS+. The minimum absolute atomic E-state index is 0.0367. The van der Waals surface area contributed by atoms with Gasteiger partial charge in [0.2, 0.25) is 0 Å². The summed E-state index contributed by atoms with van der Waals surface area (Å²) in [5.41, 5.74) is 2.12. The van der Waals surface area contributed by atoms with Crippen molar-refractivity contribution in [2.45, 2.75) is 11.4 Å². The molecule has 0 aliphatic carbocycles. The first-order valence-corrected chi connectivity index (χ1v) is 9.60. The lowest BCUT2D eigenvalue weighted by molar-refractivity contribution is -0.885. The summed E-state index contributed by atoms with van der Waals surface area (Å²) in [5, 5.41) is 5.26. The molecule has 1 atom stereocenters. The number of thioether (sulfide) groups is 1.